The molecule has 0 aromatic carbocycles. The van der Waals surface area contributed by atoms with Crippen LogP contribution in [0, 0.1) is 10.1 Å². The molecule has 2 heterocycles. The molecule has 1 aromatic rings. The zero-order valence-electron chi connectivity index (χ0n) is 11.2. The van der Waals surface area contributed by atoms with Crippen molar-refractivity contribution in [2.75, 3.05) is 0 Å². The molecule has 108 valence electrons. The quantitative estimate of drug-likeness (QED) is 0.647. The molecular formula is C14H13FN3O3+. The van der Waals surface area contributed by atoms with Gasteiger partial charge >= 0.3 is 5.56 Å². The summed E-state index contributed by atoms with van der Waals surface area (Å²) in [5.74, 6) is 0. The highest BCUT2D eigenvalue weighted by Crippen LogP contribution is 2.33. The van der Waals surface area contributed by atoms with Crippen LogP contribution in [0.2, 0.25) is 0 Å². The van der Waals surface area contributed by atoms with E-state index in [9.17, 15) is 19.3 Å². The number of hydrogen-bond acceptors (Lipinski definition) is 3. The Balaban J connectivity index is 2.21. The Morgan fingerprint density at radius 1 is 1.52 bits per heavy atom. The molecule has 1 unspecified atom stereocenters. The van der Waals surface area contributed by atoms with Gasteiger partial charge in [-0.1, -0.05) is 0 Å². The molecule has 2 aliphatic rings. The van der Waals surface area contributed by atoms with Crippen molar-refractivity contribution in [1.82, 2.24) is 4.57 Å². The Bertz CT molecular complexity index is 789. The number of halogens is 1. The van der Waals surface area contributed by atoms with Crippen molar-refractivity contribution in [1.29, 1.82) is 0 Å². The number of allylic oxidation sites excluding steroid dienone is 3. The molecule has 1 atom stereocenters. The van der Waals surface area contributed by atoms with E-state index in [1.807, 2.05) is 0 Å². The van der Waals surface area contributed by atoms with Gasteiger partial charge in [-0.15, -0.1) is 0 Å². The van der Waals surface area contributed by atoms with Gasteiger partial charge in [0.05, 0.1) is 16.7 Å². The van der Waals surface area contributed by atoms with E-state index in [0.29, 0.717) is 16.8 Å². The van der Waals surface area contributed by atoms with Gasteiger partial charge in [-0.05, 0) is 6.08 Å². The molecule has 0 fully saturated rings. The Kier molecular flexibility index (Phi) is 3.06. The van der Waals surface area contributed by atoms with Crippen molar-refractivity contribution in [3.05, 3.63) is 61.8 Å². The summed E-state index contributed by atoms with van der Waals surface area (Å²) in [6.45, 7) is 0. The van der Waals surface area contributed by atoms with E-state index in [4.69, 9.17) is 0 Å². The number of quaternary nitrogens is 1. The molecule has 1 aliphatic heterocycles. The van der Waals surface area contributed by atoms with E-state index in [-0.39, 0.29) is 23.3 Å². The van der Waals surface area contributed by atoms with Crippen LogP contribution >= 0.6 is 0 Å². The Labute approximate surface area is 119 Å². The lowest BCUT2D eigenvalue weighted by Crippen LogP contribution is -2.72. The average molecular weight is 290 g/mol. The largest absolute Gasteiger partial charge is 0.313 e. The molecule has 21 heavy (non-hydrogen) atoms. The molecule has 0 amide bonds. The number of hydrogen-bond donors (Lipinski definition) is 1. The molecule has 0 saturated carbocycles. The van der Waals surface area contributed by atoms with Crippen LogP contribution in [0.3, 0.4) is 0 Å². The number of nitro groups is 1. The Morgan fingerprint density at radius 3 is 3.00 bits per heavy atom. The predicted octanol–water partition coefficient (Wildman–Crippen LogP) is 0.850. The summed E-state index contributed by atoms with van der Waals surface area (Å²) in [6.07, 6.45) is 6.15. The van der Waals surface area contributed by atoms with E-state index >= 15 is 0 Å². The van der Waals surface area contributed by atoms with Crippen molar-refractivity contribution in [3.8, 4) is 0 Å². The molecule has 7 heteroatoms. The molecule has 0 spiro atoms. The summed E-state index contributed by atoms with van der Waals surface area (Å²) in [5.41, 5.74) is 1.59. The van der Waals surface area contributed by atoms with Crippen molar-refractivity contribution >= 4 is 17.3 Å². The first kappa shape index (κ1) is 13.4. The summed E-state index contributed by atoms with van der Waals surface area (Å²) in [4.78, 5) is 22.4. The number of aromatic nitrogens is 1. The molecule has 6 nitrogen and oxygen atoms in total. The van der Waals surface area contributed by atoms with Crippen LogP contribution in [-0.4, -0.2) is 15.7 Å². The van der Waals surface area contributed by atoms with Gasteiger partial charge in [0.1, 0.15) is 6.17 Å². The van der Waals surface area contributed by atoms with Crippen LogP contribution in [0.4, 0.5) is 10.1 Å². The molecule has 1 aliphatic carbocycles. The predicted molar refractivity (Wildman–Crippen MR) is 74.9 cm³/mol. The van der Waals surface area contributed by atoms with Gasteiger partial charge in [-0.3, -0.25) is 20.2 Å². The van der Waals surface area contributed by atoms with E-state index < -0.39 is 11.1 Å². The minimum atomic E-state index is -1.32. The maximum absolute atomic E-state index is 14.2. The van der Waals surface area contributed by atoms with Crippen LogP contribution in [0.25, 0.3) is 11.6 Å². The van der Waals surface area contributed by atoms with Gasteiger partial charge in [-0.2, -0.15) is 0 Å². The monoisotopic (exact) mass is 290 g/mol. The third-order valence-electron chi connectivity index (χ3n) is 3.68. The zero-order chi connectivity index (χ0) is 15.1. The number of fused-ring (bicyclic) bond motifs is 1. The maximum atomic E-state index is 14.2. The molecule has 0 radical (unpaired) electrons. The highest BCUT2D eigenvalue weighted by molar-refractivity contribution is 5.82. The fourth-order valence-electron chi connectivity index (χ4n) is 2.62. The number of nitrogens with two attached hydrogens (primary N) is 1. The third-order valence-corrected chi connectivity index (χ3v) is 3.68. The molecule has 3 rings (SSSR count). The smallest absolute Gasteiger partial charge is 0.312 e. The van der Waals surface area contributed by atoms with Gasteiger partial charge < -0.3 is 4.57 Å². The molecule has 1 aromatic heterocycles. The van der Waals surface area contributed by atoms with Crippen molar-refractivity contribution in [3.63, 3.8) is 0 Å². The first-order valence-electron chi connectivity index (χ1n) is 6.44. The lowest BCUT2D eigenvalue weighted by atomic mass is 9.92. The standard InChI is InChI=1S/C14H12FN3O3/c1-17-7-11(9-4-5-16-13(9)14(17)19)10-6-8(18(20)21)2-3-12(10)15/h2,4-7,12,16H,3H2,1H3/p+1. The first-order chi connectivity index (χ1) is 9.99. The minimum Gasteiger partial charge on any atom is -0.313 e. The summed E-state index contributed by atoms with van der Waals surface area (Å²) < 4.78 is 15.6. The fraction of sp³-hybridized carbons (Fsp3) is 0.214. The lowest BCUT2D eigenvalue weighted by Gasteiger charge is -2.17. The molecule has 0 saturated heterocycles. The van der Waals surface area contributed by atoms with Crippen molar-refractivity contribution in [2.45, 2.75) is 12.6 Å². The molecular weight excluding hydrogens is 277 g/mol. The summed E-state index contributed by atoms with van der Waals surface area (Å²) in [6, 6.07) is 0. The number of pyridine rings is 1. The second-order valence-electron chi connectivity index (χ2n) is 5.00. The average Bonchev–Trinajstić information content (AvgIpc) is 2.93. The lowest BCUT2D eigenvalue weighted by molar-refractivity contribution is -0.493. The Morgan fingerprint density at radius 2 is 2.29 bits per heavy atom. The number of rotatable bonds is 2. The minimum absolute atomic E-state index is 0.0345. The van der Waals surface area contributed by atoms with Crippen molar-refractivity contribution in [2.24, 2.45) is 7.05 Å². The van der Waals surface area contributed by atoms with Gasteiger partial charge in [0.2, 0.25) is 5.69 Å². The third kappa shape index (κ3) is 2.11. The fourth-order valence-corrected chi connectivity index (χ4v) is 2.62. The van der Waals surface area contributed by atoms with E-state index in [2.05, 4.69) is 0 Å². The van der Waals surface area contributed by atoms with Crippen molar-refractivity contribution < 1.29 is 14.6 Å². The van der Waals surface area contributed by atoms with Gasteiger partial charge in [0, 0.05) is 43.0 Å². The SMILES string of the molecule is Cn1cc(C2=CC([N+](=O)[O-])=CCC2F)c2c(c1=O)[NH2+]C=C2. The summed E-state index contributed by atoms with van der Waals surface area (Å²) in [5, 5.41) is 12.6. The highest BCUT2D eigenvalue weighted by Gasteiger charge is 2.29. The van der Waals surface area contributed by atoms with Crippen LogP contribution < -0.4 is 10.9 Å². The molecule has 0 bridgehead atoms. The van der Waals surface area contributed by atoms with Crippen LogP contribution in [0.1, 0.15) is 17.5 Å². The van der Waals surface area contributed by atoms with E-state index in [1.165, 1.54) is 22.9 Å². The van der Waals surface area contributed by atoms with Gasteiger partial charge in [-0.25, -0.2) is 4.39 Å². The maximum Gasteiger partial charge on any atom is 0.312 e. The summed E-state index contributed by atoms with van der Waals surface area (Å²) in [7, 11) is 1.58. The van der Waals surface area contributed by atoms with Gasteiger partial charge in [0.15, 0.2) is 0 Å². The second kappa shape index (κ2) is 4.78. The van der Waals surface area contributed by atoms with Gasteiger partial charge in [0.25, 0.3) is 5.70 Å². The molecule has 2 N–H and O–H groups in total. The van der Waals surface area contributed by atoms with E-state index in [1.54, 1.807) is 24.6 Å². The number of aryl methyl sites for hydroxylation is 1. The van der Waals surface area contributed by atoms with Crippen LogP contribution in [-0.2, 0) is 7.05 Å². The zero-order valence-corrected chi connectivity index (χ0v) is 11.2. The van der Waals surface area contributed by atoms with Crippen LogP contribution in [0.15, 0.2) is 35.0 Å². The topological polar surface area (TPSA) is 81.7 Å². The Hall–Kier alpha value is -2.54. The van der Waals surface area contributed by atoms with E-state index in [0.717, 1.165) is 0 Å². The second-order valence-corrected chi connectivity index (χ2v) is 5.00. The first-order valence-corrected chi connectivity index (χ1v) is 6.44. The normalized spacial score (nSPS) is 20.0. The van der Waals surface area contributed by atoms with Crippen LogP contribution in [0.5, 0.6) is 0 Å². The highest BCUT2D eigenvalue weighted by atomic mass is 19.1. The number of nitrogens with zero attached hydrogens (tertiary/aromatic N) is 2. The summed E-state index contributed by atoms with van der Waals surface area (Å²) >= 11 is 0. The number of alkyl halides is 1.